The average molecular weight is 337 g/mol. The van der Waals surface area contributed by atoms with Crippen molar-refractivity contribution in [1.82, 2.24) is 10.2 Å². The van der Waals surface area contributed by atoms with E-state index in [9.17, 15) is 14.0 Å². The van der Waals surface area contributed by atoms with Gasteiger partial charge in [0.25, 0.3) is 0 Å². The van der Waals surface area contributed by atoms with Gasteiger partial charge in [0.05, 0.1) is 0 Å². The lowest BCUT2D eigenvalue weighted by Crippen LogP contribution is -2.49. The summed E-state index contributed by atoms with van der Waals surface area (Å²) in [5.74, 6) is 0.317. The van der Waals surface area contributed by atoms with E-state index in [-0.39, 0.29) is 11.7 Å². The first kappa shape index (κ1) is 17.3. The van der Waals surface area contributed by atoms with Crippen molar-refractivity contribution >= 4 is 29.3 Å². The van der Waals surface area contributed by atoms with Crippen molar-refractivity contribution in [3.8, 4) is 0 Å². The minimum atomic E-state index is -0.699. The highest BCUT2D eigenvalue weighted by Crippen LogP contribution is 2.22. The standard InChI is InChI=1S/C16H20FN3O2S/c1-23-9-7-14(19-16(18)22)15(21)20-8-6-12(10-20)11-2-4-13(17)5-3-11/h2-6,14H,7-10H2,1H3,(H3,18,19,22). The molecule has 1 aliphatic heterocycles. The third kappa shape index (κ3) is 4.72. The summed E-state index contributed by atoms with van der Waals surface area (Å²) in [5, 5.41) is 2.51. The molecule has 5 nitrogen and oxygen atoms in total. The Morgan fingerprint density at radius 2 is 2.09 bits per heavy atom. The van der Waals surface area contributed by atoms with Crippen LogP contribution in [0.5, 0.6) is 0 Å². The van der Waals surface area contributed by atoms with Crippen LogP contribution < -0.4 is 11.1 Å². The molecule has 0 aliphatic carbocycles. The maximum absolute atomic E-state index is 13.0. The second-order valence-corrected chi connectivity index (χ2v) is 6.28. The lowest BCUT2D eigenvalue weighted by atomic mass is 10.1. The largest absolute Gasteiger partial charge is 0.352 e. The number of carbonyl (C=O) groups excluding carboxylic acids is 2. The van der Waals surface area contributed by atoms with Gasteiger partial charge in [0.15, 0.2) is 0 Å². The predicted octanol–water partition coefficient (Wildman–Crippen LogP) is 1.84. The Morgan fingerprint density at radius 1 is 1.39 bits per heavy atom. The third-order valence-electron chi connectivity index (χ3n) is 3.67. The highest BCUT2D eigenvalue weighted by molar-refractivity contribution is 7.98. The number of hydrogen-bond donors (Lipinski definition) is 2. The van der Waals surface area contributed by atoms with Gasteiger partial charge in [-0.1, -0.05) is 18.2 Å². The number of urea groups is 1. The van der Waals surface area contributed by atoms with E-state index in [1.165, 1.54) is 12.1 Å². The quantitative estimate of drug-likeness (QED) is 0.832. The van der Waals surface area contributed by atoms with E-state index in [0.717, 1.165) is 16.9 Å². The number of carbonyl (C=O) groups is 2. The molecule has 0 fully saturated rings. The molecule has 23 heavy (non-hydrogen) atoms. The van der Waals surface area contributed by atoms with E-state index >= 15 is 0 Å². The van der Waals surface area contributed by atoms with Crippen molar-refractivity contribution in [3.63, 3.8) is 0 Å². The molecule has 2 rings (SSSR count). The Labute approximate surface area is 139 Å². The summed E-state index contributed by atoms with van der Waals surface area (Å²) in [7, 11) is 0. The zero-order valence-corrected chi connectivity index (χ0v) is 13.7. The van der Waals surface area contributed by atoms with Crippen LogP contribution in [0.15, 0.2) is 30.3 Å². The number of nitrogens with zero attached hydrogens (tertiary/aromatic N) is 1. The van der Waals surface area contributed by atoms with Gasteiger partial charge >= 0.3 is 6.03 Å². The van der Waals surface area contributed by atoms with Crippen molar-refractivity contribution < 1.29 is 14.0 Å². The monoisotopic (exact) mass is 337 g/mol. The Balaban J connectivity index is 2.00. The molecule has 1 unspecified atom stereocenters. The van der Waals surface area contributed by atoms with Gasteiger partial charge in [-0.25, -0.2) is 9.18 Å². The van der Waals surface area contributed by atoms with Gasteiger partial charge in [0, 0.05) is 13.1 Å². The molecule has 0 saturated carbocycles. The van der Waals surface area contributed by atoms with Crippen LogP contribution in [0.3, 0.4) is 0 Å². The molecular formula is C16H20FN3O2S. The zero-order valence-electron chi connectivity index (χ0n) is 12.9. The van der Waals surface area contributed by atoms with E-state index in [4.69, 9.17) is 5.73 Å². The zero-order chi connectivity index (χ0) is 16.8. The molecule has 0 bridgehead atoms. The number of hydrogen-bond acceptors (Lipinski definition) is 3. The van der Waals surface area contributed by atoms with E-state index in [0.29, 0.717) is 19.5 Å². The minimum absolute atomic E-state index is 0.147. The van der Waals surface area contributed by atoms with Crippen LogP contribution in [0.2, 0.25) is 0 Å². The summed E-state index contributed by atoms with van der Waals surface area (Å²) in [5.41, 5.74) is 7.02. The van der Waals surface area contributed by atoms with Crippen molar-refractivity contribution in [2.24, 2.45) is 5.73 Å². The van der Waals surface area contributed by atoms with Crippen LogP contribution in [0, 0.1) is 5.82 Å². The van der Waals surface area contributed by atoms with Gasteiger partial charge in [-0.2, -0.15) is 11.8 Å². The summed E-state index contributed by atoms with van der Waals surface area (Å²) < 4.78 is 13.0. The van der Waals surface area contributed by atoms with E-state index in [2.05, 4.69) is 5.32 Å². The Hall–Kier alpha value is -2.02. The van der Waals surface area contributed by atoms with Crippen molar-refractivity contribution in [2.75, 3.05) is 25.1 Å². The number of halogens is 1. The lowest BCUT2D eigenvalue weighted by Gasteiger charge is -2.23. The maximum atomic E-state index is 13.0. The van der Waals surface area contributed by atoms with Gasteiger partial charge in [0.1, 0.15) is 11.9 Å². The number of amides is 3. The first-order valence-corrected chi connectivity index (χ1v) is 8.69. The first-order chi connectivity index (χ1) is 11.0. The maximum Gasteiger partial charge on any atom is 0.312 e. The highest BCUT2D eigenvalue weighted by Gasteiger charge is 2.27. The summed E-state index contributed by atoms with van der Waals surface area (Å²) in [4.78, 5) is 25.3. The molecule has 1 aromatic rings. The van der Waals surface area contributed by atoms with Crippen molar-refractivity contribution in [3.05, 3.63) is 41.7 Å². The number of nitrogens with one attached hydrogen (secondary N) is 1. The van der Waals surface area contributed by atoms with Crippen molar-refractivity contribution in [2.45, 2.75) is 12.5 Å². The van der Waals surface area contributed by atoms with Crippen LogP contribution in [0.4, 0.5) is 9.18 Å². The third-order valence-corrected chi connectivity index (χ3v) is 4.32. The van der Waals surface area contributed by atoms with E-state index < -0.39 is 12.1 Å². The number of thioether (sulfide) groups is 1. The molecule has 124 valence electrons. The molecule has 0 saturated heterocycles. The fourth-order valence-corrected chi connectivity index (χ4v) is 2.95. The van der Waals surface area contributed by atoms with Gasteiger partial charge in [0.2, 0.25) is 5.91 Å². The summed E-state index contributed by atoms with van der Waals surface area (Å²) in [6.07, 6.45) is 4.42. The summed E-state index contributed by atoms with van der Waals surface area (Å²) in [6.45, 7) is 0.919. The smallest absolute Gasteiger partial charge is 0.312 e. The fourth-order valence-electron chi connectivity index (χ4n) is 2.48. The number of benzene rings is 1. The molecule has 1 aliphatic rings. The molecule has 7 heteroatoms. The molecule has 0 radical (unpaired) electrons. The van der Waals surface area contributed by atoms with Gasteiger partial charge in [-0.3, -0.25) is 4.79 Å². The Kier molecular flexibility index (Phi) is 6.04. The Bertz CT molecular complexity index is 604. The lowest BCUT2D eigenvalue weighted by molar-refractivity contribution is -0.131. The molecule has 0 spiro atoms. The summed E-state index contributed by atoms with van der Waals surface area (Å²) >= 11 is 1.60. The molecular weight excluding hydrogens is 317 g/mol. The second kappa shape index (κ2) is 8.01. The second-order valence-electron chi connectivity index (χ2n) is 5.30. The van der Waals surface area contributed by atoms with Gasteiger partial charge in [-0.05, 0) is 41.7 Å². The molecule has 3 N–H and O–H groups in total. The average Bonchev–Trinajstić information content (AvgIpc) is 3.01. The summed E-state index contributed by atoms with van der Waals surface area (Å²) in [6, 6.07) is 4.88. The van der Waals surface area contributed by atoms with Crippen LogP contribution in [-0.4, -0.2) is 48.0 Å². The first-order valence-electron chi connectivity index (χ1n) is 7.30. The molecule has 0 aromatic heterocycles. The van der Waals surface area contributed by atoms with Crippen LogP contribution >= 0.6 is 11.8 Å². The van der Waals surface area contributed by atoms with Crippen molar-refractivity contribution in [1.29, 1.82) is 0 Å². The fraction of sp³-hybridized carbons (Fsp3) is 0.375. The molecule has 3 amide bonds. The topological polar surface area (TPSA) is 75.4 Å². The number of rotatable bonds is 6. The number of primary amides is 1. The molecule has 1 aromatic carbocycles. The SMILES string of the molecule is CSCCC(NC(N)=O)C(=O)N1CC=C(c2ccc(F)cc2)C1. The highest BCUT2D eigenvalue weighted by atomic mass is 32.2. The van der Waals surface area contributed by atoms with E-state index in [1.807, 2.05) is 12.3 Å². The van der Waals surface area contributed by atoms with E-state index in [1.54, 1.807) is 28.8 Å². The van der Waals surface area contributed by atoms with Gasteiger partial charge < -0.3 is 16.0 Å². The normalized spacial score (nSPS) is 15.2. The van der Waals surface area contributed by atoms with Gasteiger partial charge in [-0.15, -0.1) is 0 Å². The molecule has 1 heterocycles. The van der Waals surface area contributed by atoms with Crippen LogP contribution in [0.1, 0.15) is 12.0 Å². The molecule has 1 atom stereocenters. The van der Waals surface area contributed by atoms with Crippen LogP contribution in [-0.2, 0) is 4.79 Å². The number of nitrogens with two attached hydrogens (primary N) is 1. The predicted molar refractivity (Wildman–Crippen MR) is 90.5 cm³/mol. The minimum Gasteiger partial charge on any atom is -0.352 e. The Morgan fingerprint density at radius 3 is 2.70 bits per heavy atom. The van der Waals surface area contributed by atoms with Crippen LogP contribution in [0.25, 0.3) is 5.57 Å².